The molecule has 0 spiro atoms. The molecule has 1 heterocycles. The molecular formula is C27H22N2S. The van der Waals surface area contributed by atoms with Gasteiger partial charge in [0.1, 0.15) is 5.01 Å². The van der Waals surface area contributed by atoms with Crippen LogP contribution in [0.25, 0.3) is 43.0 Å². The van der Waals surface area contributed by atoms with Crippen LogP contribution in [-0.4, -0.2) is 19.1 Å². The van der Waals surface area contributed by atoms with Crippen molar-refractivity contribution in [3.8, 4) is 32.8 Å². The Morgan fingerprint density at radius 1 is 0.633 bits per heavy atom. The predicted molar refractivity (Wildman–Crippen MR) is 130 cm³/mol. The second-order valence-electron chi connectivity index (χ2n) is 7.55. The van der Waals surface area contributed by atoms with Crippen molar-refractivity contribution in [3.05, 3.63) is 97.1 Å². The Morgan fingerprint density at radius 3 is 2.10 bits per heavy atom. The van der Waals surface area contributed by atoms with Crippen LogP contribution in [0, 0.1) is 0 Å². The van der Waals surface area contributed by atoms with Gasteiger partial charge in [0.05, 0.1) is 10.2 Å². The van der Waals surface area contributed by atoms with Crippen LogP contribution in [0.2, 0.25) is 0 Å². The largest absolute Gasteiger partial charge is 0.378 e. The summed E-state index contributed by atoms with van der Waals surface area (Å²) in [4.78, 5) is 7.01. The minimum absolute atomic E-state index is 1.06. The first-order valence-corrected chi connectivity index (χ1v) is 10.8. The molecule has 0 unspecified atom stereocenters. The quantitative estimate of drug-likeness (QED) is 0.310. The van der Waals surface area contributed by atoms with Crippen molar-refractivity contribution in [2.75, 3.05) is 19.0 Å². The van der Waals surface area contributed by atoms with E-state index in [1.54, 1.807) is 11.3 Å². The van der Waals surface area contributed by atoms with Gasteiger partial charge in [-0.1, -0.05) is 66.7 Å². The number of aromatic nitrogens is 1. The Hall–Kier alpha value is -3.43. The Balaban J connectivity index is 1.58. The average Bonchev–Trinajstić information content (AvgIpc) is 3.23. The summed E-state index contributed by atoms with van der Waals surface area (Å²) in [7, 11) is 4.13. The standard InChI is InChI=1S/C27H22N2S/c1-29(2)22-16-14-19(15-17-22)20-8-7-9-21(18-20)23-10-3-4-11-24(23)27-28-25-12-5-6-13-26(25)30-27/h3-18H,1-2H3. The lowest BCUT2D eigenvalue weighted by Crippen LogP contribution is -2.07. The summed E-state index contributed by atoms with van der Waals surface area (Å²) in [5.41, 5.74) is 8.30. The molecule has 30 heavy (non-hydrogen) atoms. The van der Waals surface area contributed by atoms with E-state index < -0.39 is 0 Å². The lowest BCUT2D eigenvalue weighted by Gasteiger charge is -2.13. The smallest absolute Gasteiger partial charge is 0.125 e. The second-order valence-corrected chi connectivity index (χ2v) is 8.59. The minimum atomic E-state index is 1.06. The lowest BCUT2D eigenvalue weighted by molar-refractivity contribution is 1.13. The third kappa shape index (κ3) is 3.49. The van der Waals surface area contributed by atoms with Crippen LogP contribution in [0.4, 0.5) is 5.69 Å². The normalized spacial score (nSPS) is 11.0. The lowest BCUT2D eigenvalue weighted by atomic mass is 9.96. The van der Waals surface area contributed by atoms with Crippen molar-refractivity contribution in [2.45, 2.75) is 0 Å². The fourth-order valence-electron chi connectivity index (χ4n) is 3.73. The van der Waals surface area contributed by atoms with Gasteiger partial charge in [0, 0.05) is 25.3 Å². The van der Waals surface area contributed by atoms with Gasteiger partial charge >= 0.3 is 0 Å². The highest BCUT2D eigenvalue weighted by molar-refractivity contribution is 7.21. The van der Waals surface area contributed by atoms with Gasteiger partial charge in [-0.05, 0) is 52.6 Å². The summed E-state index contributed by atoms with van der Waals surface area (Å²) < 4.78 is 1.22. The molecule has 0 radical (unpaired) electrons. The van der Waals surface area contributed by atoms with Gasteiger partial charge < -0.3 is 4.90 Å². The number of nitrogens with zero attached hydrogens (tertiary/aromatic N) is 2. The average molecular weight is 407 g/mol. The van der Waals surface area contributed by atoms with Crippen molar-refractivity contribution in [3.63, 3.8) is 0 Å². The van der Waals surface area contributed by atoms with Crippen LogP contribution in [-0.2, 0) is 0 Å². The maximum absolute atomic E-state index is 4.89. The van der Waals surface area contributed by atoms with Crippen molar-refractivity contribution >= 4 is 27.2 Å². The van der Waals surface area contributed by atoms with E-state index in [1.807, 2.05) is 6.07 Å². The Labute approximate surface area is 181 Å². The third-order valence-electron chi connectivity index (χ3n) is 5.34. The molecule has 146 valence electrons. The third-order valence-corrected chi connectivity index (χ3v) is 6.41. The number of anilines is 1. The van der Waals surface area contributed by atoms with Crippen molar-refractivity contribution in [2.24, 2.45) is 0 Å². The van der Waals surface area contributed by atoms with E-state index in [4.69, 9.17) is 4.98 Å². The number of hydrogen-bond acceptors (Lipinski definition) is 3. The van der Waals surface area contributed by atoms with E-state index in [2.05, 4.69) is 110 Å². The number of para-hydroxylation sites is 1. The van der Waals surface area contributed by atoms with Gasteiger partial charge in [-0.15, -0.1) is 11.3 Å². The van der Waals surface area contributed by atoms with Crippen LogP contribution in [0.1, 0.15) is 0 Å². The zero-order valence-electron chi connectivity index (χ0n) is 17.0. The van der Waals surface area contributed by atoms with Gasteiger partial charge in [-0.25, -0.2) is 4.98 Å². The van der Waals surface area contributed by atoms with Crippen molar-refractivity contribution in [1.29, 1.82) is 0 Å². The monoisotopic (exact) mass is 406 g/mol. The van der Waals surface area contributed by atoms with Crippen LogP contribution in [0.15, 0.2) is 97.1 Å². The molecule has 4 aromatic carbocycles. The van der Waals surface area contributed by atoms with E-state index in [1.165, 1.54) is 38.2 Å². The topological polar surface area (TPSA) is 16.1 Å². The summed E-state index contributed by atoms with van der Waals surface area (Å²) in [6, 6.07) is 34.4. The first-order valence-electron chi connectivity index (χ1n) is 10.0. The molecule has 0 aliphatic rings. The van der Waals surface area contributed by atoms with Crippen molar-refractivity contribution in [1.82, 2.24) is 4.98 Å². The van der Waals surface area contributed by atoms with Crippen LogP contribution in [0.3, 0.4) is 0 Å². The molecule has 3 heteroatoms. The highest BCUT2D eigenvalue weighted by atomic mass is 32.1. The molecule has 0 saturated heterocycles. The molecule has 0 N–H and O–H groups in total. The molecule has 0 amide bonds. The SMILES string of the molecule is CN(C)c1ccc(-c2cccc(-c3ccccc3-c3nc4ccccc4s3)c2)cc1. The van der Waals surface area contributed by atoms with Gasteiger partial charge in [-0.3, -0.25) is 0 Å². The molecule has 5 rings (SSSR count). The van der Waals surface area contributed by atoms with Gasteiger partial charge in [0.2, 0.25) is 0 Å². The van der Waals surface area contributed by atoms with E-state index in [-0.39, 0.29) is 0 Å². The van der Waals surface area contributed by atoms with E-state index in [9.17, 15) is 0 Å². The maximum Gasteiger partial charge on any atom is 0.125 e. The van der Waals surface area contributed by atoms with Crippen LogP contribution < -0.4 is 4.90 Å². The summed E-state index contributed by atoms with van der Waals surface area (Å²) in [6.45, 7) is 0. The number of fused-ring (bicyclic) bond motifs is 1. The number of benzene rings is 4. The van der Waals surface area contributed by atoms with Gasteiger partial charge in [0.25, 0.3) is 0 Å². The second kappa shape index (κ2) is 7.77. The van der Waals surface area contributed by atoms with E-state index >= 15 is 0 Å². The summed E-state index contributed by atoms with van der Waals surface area (Å²) in [6.07, 6.45) is 0. The van der Waals surface area contributed by atoms with Gasteiger partial charge in [0.15, 0.2) is 0 Å². The Morgan fingerprint density at radius 2 is 1.33 bits per heavy atom. The molecule has 5 aromatic rings. The van der Waals surface area contributed by atoms with E-state index in [0.717, 1.165) is 10.5 Å². The summed E-state index contributed by atoms with van der Waals surface area (Å²) in [5, 5.41) is 1.06. The molecule has 0 aliphatic heterocycles. The molecule has 0 aliphatic carbocycles. The van der Waals surface area contributed by atoms with Crippen LogP contribution >= 0.6 is 11.3 Å². The Kier molecular flexibility index (Phi) is 4.82. The molecular weight excluding hydrogens is 384 g/mol. The molecule has 0 fully saturated rings. The van der Waals surface area contributed by atoms with Crippen LogP contribution in [0.5, 0.6) is 0 Å². The fourth-order valence-corrected chi connectivity index (χ4v) is 4.73. The summed E-state index contributed by atoms with van der Waals surface area (Å²) in [5.74, 6) is 0. The predicted octanol–water partition coefficient (Wildman–Crippen LogP) is 7.36. The number of thiazole rings is 1. The zero-order valence-corrected chi connectivity index (χ0v) is 17.9. The molecule has 0 saturated carbocycles. The molecule has 0 bridgehead atoms. The Bertz CT molecular complexity index is 1280. The zero-order chi connectivity index (χ0) is 20.5. The highest BCUT2D eigenvalue weighted by Gasteiger charge is 2.12. The van der Waals surface area contributed by atoms with Gasteiger partial charge in [-0.2, -0.15) is 0 Å². The first-order chi connectivity index (χ1) is 14.7. The minimum Gasteiger partial charge on any atom is -0.378 e. The maximum atomic E-state index is 4.89. The molecule has 0 atom stereocenters. The number of rotatable bonds is 4. The fraction of sp³-hybridized carbons (Fsp3) is 0.0741. The van der Waals surface area contributed by atoms with Crippen molar-refractivity contribution < 1.29 is 0 Å². The summed E-state index contributed by atoms with van der Waals surface area (Å²) >= 11 is 1.75. The molecule has 2 nitrogen and oxygen atoms in total. The highest BCUT2D eigenvalue weighted by Crippen LogP contribution is 2.37. The van der Waals surface area contributed by atoms with E-state index in [0.29, 0.717) is 0 Å². The first kappa shape index (κ1) is 18.6. The molecule has 1 aromatic heterocycles. The number of hydrogen-bond donors (Lipinski definition) is 0.